The van der Waals surface area contributed by atoms with Crippen LogP contribution in [0.25, 0.3) is 148 Å². The molecule has 2 nitrogen and oxygen atoms in total. The lowest BCUT2D eigenvalue weighted by Crippen LogP contribution is -1.97. The quantitative estimate of drug-likeness (QED) is 0.146. The van der Waals surface area contributed by atoms with Crippen molar-refractivity contribution in [1.29, 1.82) is 0 Å². The van der Waals surface area contributed by atoms with Gasteiger partial charge >= 0.3 is 0 Å². The van der Waals surface area contributed by atoms with E-state index < -0.39 is 0 Å². The van der Waals surface area contributed by atoms with Gasteiger partial charge in [-0.15, -0.1) is 0 Å². The van der Waals surface area contributed by atoms with Crippen LogP contribution in [-0.4, -0.2) is 9.55 Å². The van der Waals surface area contributed by atoms with Gasteiger partial charge in [0.05, 0.1) is 11.0 Å². The fourth-order valence-electron chi connectivity index (χ4n) is 12.1. The van der Waals surface area contributed by atoms with Gasteiger partial charge in [0.1, 0.15) is 5.82 Å². The van der Waals surface area contributed by atoms with E-state index in [-0.39, 0.29) is 0 Å². The number of benzene rings is 14. The molecule has 0 fully saturated rings. The number of hydrogen-bond donors (Lipinski definition) is 0. The Morgan fingerprint density at radius 2 is 0.613 bits per heavy atom. The van der Waals surface area contributed by atoms with Crippen LogP contribution in [0.3, 0.4) is 0 Å². The molecule has 15 rings (SSSR count). The van der Waals surface area contributed by atoms with Gasteiger partial charge in [-0.1, -0.05) is 224 Å². The first-order valence-corrected chi connectivity index (χ1v) is 25.8. The lowest BCUT2D eigenvalue weighted by atomic mass is 9.83. The van der Waals surface area contributed by atoms with Crippen molar-refractivity contribution in [3.63, 3.8) is 0 Å². The smallest absolute Gasteiger partial charge is 0.145 e. The van der Waals surface area contributed by atoms with Gasteiger partial charge < -0.3 is 0 Å². The Balaban J connectivity index is 0.918. The van der Waals surface area contributed by atoms with Crippen LogP contribution in [0.5, 0.6) is 0 Å². The predicted octanol–water partition coefficient (Wildman–Crippen LogP) is 19.9. The zero-order valence-corrected chi connectivity index (χ0v) is 41.0. The third-order valence-electron chi connectivity index (χ3n) is 15.5. The molecule has 0 amide bonds. The molecule has 1 aromatic heterocycles. The molecule has 15 aromatic rings. The molecule has 1 heterocycles. The van der Waals surface area contributed by atoms with E-state index >= 15 is 0 Å². The molecular weight excluding hydrogens is 905 g/mol. The first kappa shape index (κ1) is 42.8. The van der Waals surface area contributed by atoms with Gasteiger partial charge in [0.25, 0.3) is 0 Å². The van der Waals surface area contributed by atoms with E-state index in [1.54, 1.807) is 0 Å². The van der Waals surface area contributed by atoms with Crippen molar-refractivity contribution >= 4 is 75.7 Å². The first-order chi connectivity index (χ1) is 37.2. The Kier molecular flexibility index (Phi) is 9.93. The molecule has 0 atom stereocenters. The lowest BCUT2D eigenvalue weighted by molar-refractivity contribution is 1.10. The van der Waals surface area contributed by atoms with Crippen LogP contribution < -0.4 is 0 Å². The van der Waals surface area contributed by atoms with Crippen LogP contribution >= 0.6 is 0 Å². The zero-order valence-electron chi connectivity index (χ0n) is 41.0. The second-order valence-electron chi connectivity index (χ2n) is 19.8. The lowest BCUT2D eigenvalue weighted by Gasteiger charge is -2.20. The predicted molar refractivity (Wildman–Crippen MR) is 319 cm³/mol. The second-order valence-corrected chi connectivity index (χ2v) is 19.8. The molecule has 0 radical (unpaired) electrons. The Morgan fingerprint density at radius 3 is 1.17 bits per heavy atom. The average molecular weight is 951 g/mol. The van der Waals surface area contributed by atoms with E-state index in [1.807, 2.05) is 0 Å². The number of fused-ring (bicyclic) bond motifs is 7. The van der Waals surface area contributed by atoms with E-state index in [0.717, 1.165) is 33.7 Å². The molecule has 75 heavy (non-hydrogen) atoms. The molecule has 2 heteroatoms. The number of nitrogens with zero attached hydrogens (tertiary/aromatic N) is 2. The molecule has 0 spiro atoms. The highest BCUT2D eigenvalue weighted by molar-refractivity contribution is 6.24. The minimum atomic E-state index is 0.919. The summed E-state index contributed by atoms with van der Waals surface area (Å²) in [4.78, 5) is 5.26. The topological polar surface area (TPSA) is 17.8 Å². The van der Waals surface area contributed by atoms with Crippen LogP contribution in [0.1, 0.15) is 0 Å². The standard InChI is InChI=1S/C73H46N2/c1-2-26-58(27-3-1)75-68-35-15-14-34-67(68)74-73(75)57-25-17-24-54(45-57)70-61-30-10-8-28-59(61)69(60-29-9-11-31-62(60)70)53-23-16-22-51(44-53)52-40-41-65-66(46-52)72(56-39-37-48-19-5-7-21-50(48)43-56)64-33-13-12-32-63(64)71(65)55-38-36-47-18-4-6-20-49(47)42-55/h1-46H. The Labute approximate surface area is 434 Å². The Morgan fingerprint density at radius 1 is 0.227 bits per heavy atom. The Hall–Kier alpha value is -9.89. The van der Waals surface area contributed by atoms with Crippen LogP contribution in [0, 0.1) is 0 Å². The van der Waals surface area contributed by atoms with E-state index in [9.17, 15) is 0 Å². The highest BCUT2D eigenvalue weighted by Gasteiger charge is 2.22. The molecule has 0 aliphatic carbocycles. The summed E-state index contributed by atoms with van der Waals surface area (Å²) in [5.74, 6) is 0.919. The monoisotopic (exact) mass is 950 g/mol. The summed E-state index contributed by atoms with van der Waals surface area (Å²) in [6.45, 7) is 0. The van der Waals surface area contributed by atoms with Crippen molar-refractivity contribution in [1.82, 2.24) is 9.55 Å². The fraction of sp³-hybridized carbons (Fsp3) is 0. The van der Waals surface area contributed by atoms with Crippen molar-refractivity contribution in [3.05, 3.63) is 279 Å². The molecule has 0 aliphatic heterocycles. The zero-order chi connectivity index (χ0) is 49.4. The number of para-hydroxylation sites is 3. The van der Waals surface area contributed by atoms with E-state index in [1.165, 1.54) is 115 Å². The van der Waals surface area contributed by atoms with Gasteiger partial charge in [-0.3, -0.25) is 4.57 Å². The van der Waals surface area contributed by atoms with Crippen molar-refractivity contribution in [3.8, 4) is 72.7 Å². The number of rotatable bonds is 7. The molecule has 0 saturated carbocycles. The van der Waals surface area contributed by atoms with E-state index in [0.29, 0.717) is 0 Å². The molecule has 0 unspecified atom stereocenters. The molecule has 14 aromatic carbocycles. The highest BCUT2D eigenvalue weighted by Crippen LogP contribution is 2.48. The van der Waals surface area contributed by atoms with Gasteiger partial charge in [0, 0.05) is 11.3 Å². The largest absolute Gasteiger partial charge is 0.292 e. The summed E-state index contributed by atoms with van der Waals surface area (Å²) < 4.78 is 2.28. The third kappa shape index (κ3) is 7.06. The molecule has 0 N–H and O–H groups in total. The van der Waals surface area contributed by atoms with Gasteiger partial charge in [-0.2, -0.15) is 0 Å². The van der Waals surface area contributed by atoms with Crippen molar-refractivity contribution < 1.29 is 0 Å². The maximum absolute atomic E-state index is 5.26. The number of imidazole rings is 1. The summed E-state index contributed by atoms with van der Waals surface area (Å²) >= 11 is 0. The maximum atomic E-state index is 5.26. The SMILES string of the molecule is c1ccc(-n2c(-c3cccc(-c4c5ccccc5c(-c5cccc(-c6ccc7c(-c8ccc9ccccc9c8)c8ccccc8c(-c8ccc9ccccc9c8)c7c6)c5)c5ccccc45)c3)nc3ccccc32)cc1. The maximum Gasteiger partial charge on any atom is 0.145 e. The summed E-state index contributed by atoms with van der Waals surface area (Å²) in [7, 11) is 0. The van der Waals surface area contributed by atoms with Gasteiger partial charge in [0.15, 0.2) is 0 Å². The summed E-state index contributed by atoms with van der Waals surface area (Å²) in [5.41, 5.74) is 16.3. The van der Waals surface area contributed by atoms with Crippen LogP contribution in [0.2, 0.25) is 0 Å². The minimum Gasteiger partial charge on any atom is -0.292 e. The van der Waals surface area contributed by atoms with E-state index in [2.05, 4.69) is 284 Å². The first-order valence-electron chi connectivity index (χ1n) is 25.8. The Bertz CT molecular complexity index is 4710. The summed E-state index contributed by atoms with van der Waals surface area (Å²) in [6.07, 6.45) is 0. The summed E-state index contributed by atoms with van der Waals surface area (Å²) in [6, 6.07) is 102. The molecule has 0 bridgehead atoms. The highest BCUT2D eigenvalue weighted by atomic mass is 15.1. The van der Waals surface area contributed by atoms with Crippen molar-refractivity contribution in [2.75, 3.05) is 0 Å². The number of hydrogen-bond acceptors (Lipinski definition) is 1. The number of aromatic nitrogens is 2. The van der Waals surface area contributed by atoms with Gasteiger partial charge in [-0.25, -0.2) is 4.98 Å². The normalized spacial score (nSPS) is 11.7. The third-order valence-corrected chi connectivity index (χ3v) is 15.5. The van der Waals surface area contributed by atoms with Crippen LogP contribution in [0.15, 0.2) is 279 Å². The molecule has 0 aliphatic rings. The summed E-state index contributed by atoms with van der Waals surface area (Å²) in [5, 5.41) is 14.8. The van der Waals surface area contributed by atoms with Crippen molar-refractivity contribution in [2.24, 2.45) is 0 Å². The van der Waals surface area contributed by atoms with Crippen molar-refractivity contribution in [2.45, 2.75) is 0 Å². The van der Waals surface area contributed by atoms with Crippen LogP contribution in [-0.2, 0) is 0 Å². The fourth-order valence-corrected chi connectivity index (χ4v) is 12.1. The average Bonchev–Trinajstić information content (AvgIpc) is 3.90. The molecular formula is C73H46N2. The molecule has 348 valence electrons. The van der Waals surface area contributed by atoms with Crippen LogP contribution in [0.4, 0.5) is 0 Å². The van der Waals surface area contributed by atoms with Gasteiger partial charge in [0.2, 0.25) is 0 Å². The molecule has 0 saturated heterocycles. The second kappa shape index (κ2) is 17.4. The van der Waals surface area contributed by atoms with E-state index in [4.69, 9.17) is 4.98 Å². The minimum absolute atomic E-state index is 0.919. The van der Waals surface area contributed by atoms with Gasteiger partial charge in [-0.05, 0) is 175 Å².